The van der Waals surface area contributed by atoms with Gasteiger partial charge in [-0.3, -0.25) is 4.99 Å². The lowest BCUT2D eigenvalue weighted by Gasteiger charge is -2.09. The lowest BCUT2D eigenvalue weighted by Crippen LogP contribution is -2.23. The Balaban J connectivity index is 2.75. The van der Waals surface area contributed by atoms with Gasteiger partial charge in [0.1, 0.15) is 0 Å². The van der Waals surface area contributed by atoms with Crippen molar-refractivity contribution in [3.05, 3.63) is 23.4 Å². The third kappa shape index (κ3) is 2.52. The molecule has 1 aliphatic rings. The number of nitrogens with zero attached hydrogens (tertiary/aromatic N) is 1. The molecule has 72 valence electrons. The molecule has 1 N–H and O–H groups in total. The number of hydrogen-bond acceptors (Lipinski definition) is 2. The quantitative estimate of drug-likeness (QED) is 0.659. The van der Waals surface area contributed by atoms with Gasteiger partial charge in [-0.05, 0) is 39.3 Å². The van der Waals surface area contributed by atoms with Crippen LogP contribution in [-0.4, -0.2) is 19.3 Å². The zero-order valence-electron chi connectivity index (χ0n) is 8.72. The SMILES string of the molecule is C=C(C)C=NC1=C(C)CCC1NC. The number of likely N-dealkylation sites (N-methyl/N-ethyl adjacent to an activating group) is 1. The van der Waals surface area contributed by atoms with Gasteiger partial charge in [-0.15, -0.1) is 0 Å². The fourth-order valence-electron chi connectivity index (χ4n) is 1.58. The lowest BCUT2D eigenvalue weighted by molar-refractivity contribution is 0.624. The van der Waals surface area contributed by atoms with Gasteiger partial charge in [0.05, 0.1) is 5.70 Å². The number of allylic oxidation sites excluding steroid dienone is 2. The molecule has 0 aromatic heterocycles. The molecule has 0 aliphatic heterocycles. The highest BCUT2D eigenvalue weighted by Gasteiger charge is 2.20. The van der Waals surface area contributed by atoms with E-state index in [0.29, 0.717) is 6.04 Å². The third-order valence-corrected chi connectivity index (χ3v) is 2.35. The summed E-state index contributed by atoms with van der Waals surface area (Å²) in [4.78, 5) is 4.45. The van der Waals surface area contributed by atoms with Crippen LogP contribution in [0, 0.1) is 0 Å². The molecule has 0 aromatic carbocycles. The number of nitrogens with one attached hydrogen (secondary N) is 1. The van der Waals surface area contributed by atoms with Gasteiger partial charge < -0.3 is 5.32 Å². The van der Waals surface area contributed by atoms with E-state index >= 15 is 0 Å². The fourth-order valence-corrected chi connectivity index (χ4v) is 1.58. The van der Waals surface area contributed by atoms with E-state index in [0.717, 1.165) is 12.0 Å². The first-order chi connectivity index (χ1) is 6.15. The highest BCUT2D eigenvalue weighted by molar-refractivity contribution is 5.77. The summed E-state index contributed by atoms with van der Waals surface area (Å²) >= 11 is 0. The lowest BCUT2D eigenvalue weighted by atomic mass is 10.2. The second kappa shape index (κ2) is 4.38. The molecule has 13 heavy (non-hydrogen) atoms. The molecule has 0 fully saturated rings. The van der Waals surface area contributed by atoms with Crippen molar-refractivity contribution in [1.29, 1.82) is 0 Å². The molecule has 0 saturated carbocycles. The van der Waals surface area contributed by atoms with Crippen molar-refractivity contribution in [2.45, 2.75) is 32.7 Å². The average Bonchev–Trinajstić information content (AvgIpc) is 2.43. The standard InChI is InChI=1S/C11H18N2/c1-8(2)7-13-11-9(3)5-6-10(11)12-4/h7,10,12H,1,5-6H2,2-4H3. The molecule has 2 heteroatoms. The van der Waals surface area contributed by atoms with Crippen LogP contribution in [0.2, 0.25) is 0 Å². The van der Waals surface area contributed by atoms with Crippen LogP contribution in [-0.2, 0) is 0 Å². The van der Waals surface area contributed by atoms with E-state index in [1.165, 1.54) is 17.7 Å². The van der Waals surface area contributed by atoms with Gasteiger partial charge in [-0.25, -0.2) is 0 Å². The molecule has 0 aromatic rings. The zero-order chi connectivity index (χ0) is 9.84. The Labute approximate surface area is 80.4 Å². The minimum atomic E-state index is 0.440. The topological polar surface area (TPSA) is 24.4 Å². The van der Waals surface area contributed by atoms with Crippen LogP contribution in [0.25, 0.3) is 0 Å². The summed E-state index contributed by atoms with van der Waals surface area (Å²) in [7, 11) is 1.99. The number of hydrogen-bond donors (Lipinski definition) is 1. The summed E-state index contributed by atoms with van der Waals surface area (Å²) in [6.45, 7) is 7.92. The Morgan fingerprint density at radius 2 is 2.38 bits per heavy atom. The van der Waals surface area contributed by atoms with Crippen LogP contribution in [0.4, 0.5) is 0 Å². The minimum Gasteiger partial charge on any atom is -0.312 e. The molecule has 2 nitrogen and oxygen atoms in total. The molecular weight excluding hydrogens is 160 g/mol. The van der Waals surface area contributed by atoms with E-state index in [2.05, 4.69) is 23.8 Å². The molecule has 0 amide bonds. The van der Waals surface area contributed by atoms with E-state index in [1.54, 1.807) is 0 Å². The van der Waals surface area contributed by atoms with Gasteiger partial charge in [-0.2, -0.15) is 0 Å². The van der Waals surface area contributed by atoms with Gasteiger partial charge in [0.25, 0.3) is 0 Å². The normalized spacial score (nSPS) is 23.2. The molecule has 0 heterocycles. The van der Waals surface area contributed by atoms with E-state index < -0.39 is 0 Å². The largest absolute Gasteiger partial charge is 0.312 e. The summed E-state index contributed by atoms with van der Waals surface area (Å²) in [6, 6.07) is 0.440. The van der Waals surface area contributed by atoms with Crippen LogP contribution in [0.1, 0.15) is 26.7 Å². The van der Waals surface area contributed by atoms with Gasteiger partial charge in [-0.1, -0.05) is 12.2 Å². The molecule has 0 bridgehead atoms. The van der Waals surface area contributed by atoms with Gasteiger partial charge in [0.15, 0.2) is 0 Å². The molecule has 0 radical (unpaired) electrons. The highest BCUT2D eigenvalue weighted by Crippen LogP contribution is 2.26. The molecular formula is C11H18N2. The summed E-state index contributed by atoms with van der Waals surface area (Å²) in [6.07, 6.45) is 4.17. The summed E-state index contributed by atoms with van der Waals surface area (Å²) < 4.78 is 0. The summed E-state index contributed by atoms with van der Waals surface area (Å²) in [5.41, 5.74) is 3.60. The van der Waals surface area contributed by atoms with Crippen molar-refractivity contribution in [2.24, 2.45) is 4.99 Å². The predicted molar refractivity (Wildman–Crippen MR) is 58.1 cm³/mol. The van der Waals surface area contributed by atoms with Gasteiger partial charge >= 0.3 is 0 Å². The van der Waals surface area contributed by atoms with Gasteiger partial charge in [0, 0.05) is 12.3 Å². The van der Waals surface area contributed by atoms with Crippen LogP contribution in [0.5, 0.6) is 0 Å². The van der Waals surface area contributed by atoms with E-state index in [-0.39, 0.29) is 0 Å². The van der Waals surface area contributed by atoms with Crippen LogP contribution in [0.3, 0.4) is 0 Å². The maximum absolute atomic E-state index is 4.45. The molecule has 0 spiro atoms. The molecule has 1 aliphatic carbocycles. The van der Waals surface area contributed by atoms with Crippen molar-refractivity contribution in [2.75, 3.05) is 7.05 Å². The highest BCUT2D eigenvalue weighted by atomic mass is 14.9. The average molecular weight is 178 g/mol. The number of aliphatic imine (C=N–C) groups is 1. The Bertz CT molecular complexity index is 261. The predicted octanol–water partition coefficient (Wildman–Crippen LogP) is 2.29. The van der Waals surface area contributed by atoms with Crippen molar-refractivity contribution >= 4 is 6.21 Å². The first kappa shape index (κ1) is 10.2. The Hall–Kier alpha value is -0.890. The second-order valence-electron chi connectivity index (χ2n) is 3.65. The fraction of sp³-hybridized carbons (Fsp3) is 0.545. The zero-order valence-corrected chi connectivity index (χ0v) is 8.72. The van der Waals surface area contributed by atoms with Crippen LogP contribution in [0.15, 0.2) is 28.4 Å². The molecule has 1 atom stereocenters. The van der Waals surface area contributed by atoms with Crippen LogP contribution >= 0.6 is 0 Å². The van der Waals surface area contributed by atoms with E-state index in [1.807, 2.05) is 20.2 Å². The Morgan fingerprint density at radius 1 is 1.69 bits per heavy atom. The molecule has 1 unspecified atom stereocenters. The third-order valence-electron chi connectivity index (χ3n) is 2.35. The second-order valence-corrected chi connectivity index (χ2v) is 3.65. The minimum absolute atomic E-state index is 0.440. The Morgan fingerprint density at radius 3 is 2.92 bits per heavy atom. The first-order valence-electron chi connectivity index (χ1n) is 4.71. The van der Waals surface area contributed by atoms with E-state index in [4.69, 9.17) is 0 Å². The van der Waals surface area contributed by atoms with Crippen molar-refractivity contribution in [3.63, 3.8) is 0 Å². The Kier molecular flexibility index (Phi) is 3.43. The smallest absolute Gasteiger partial charge is 0.0562 e. The van der Waals surface area contributed by atoms with Crippen molar-refractivity contribution in [1.82, 2.24) is 5.32 Å². The van der Waals surface area contributed by atoms with Gasteiger partial charge in [0.2, 0.25) is 0 Å². The maximum Gasteiger partial charge on any atom is 0.0562 e. The molecule has 0 saturated heterocycles. The van der Waals surface area contributed by atoms with Crippen molar-refractivity contribution < 1.29 is 0 Å². The summed E-state index contributed by atoms with van der Waals surface area (Å²) in [5.74, 6) is 0. The maximum atomic E-state index is 4.45. The molecule has 1 rings (SSSR count). The van der Waals surface area contributed by atoms with Crippen molar-refractivity contribution in [3.8, 4) is 0 Å². The van der Waals surface area contributed by atoms with E-state index in [9.17, 15) is 0 Å². The monoisotopic (exact) mass is 178 g/mol. The van der Waals surface area contributed by atoms with Crippen LogP contribution < -0.4 is 5.32 Å². The number of rotatable bonds is 3. The first-order valence-corrected chi connectivity index (χ1v) is 4.71. The summed E-state index contributed by atoms with van der Waals surface area (Å²) in [5, 5.41) is 3.27.